The van der Waals surface area contributed by atoms with Crippen LogP contribution in [0.15, 0.2) is 192 Å². The summed E-state index contributed by atoms with van der Waals surface area (Å²) in [4.78, 5) is 2.37. The van der Waals surface area contributed by atoms with Crippen LogP contribution in [-0.2, 0) is 0 Å². The fourth-order valence-corrected chi connectivity index (χ4v) is 7.68. The monoisotopic (exact) mass is 637 g/mol. The number of hydrogen-bond acceptors (Lipinski definition) is 2. The van der Waals surface area contributed by atoms with Gasteiger partial charge in [0.05, 0.1) is 11.1 Å². The van der Waals surface area contributed by atoms with Gasteiger partial charge < -0.3 is 9.32 Å². The van der Waals surface area contributed by atoms with Crippen molar-refractivity contribution in [3.8, 4) is 22.3 Å². The first kappa shape index (κ1) is 28.4. The molecular formula is C48H31NO. The Morgan fingerprint density at radius 2 is 0.820 bits per heavy atom. The molecule has 10 aromatic rings. The van der Waals surface area contributed by atoms with Gasteiger partial charge in [0.25, 0.3) is 0 Å². The average molecular weight is 638 g/mol. The number of furan rings is 1. The third-order valence-electron chi connectivity index (χ3n) is 10.1. The summed E-state index contributed by atoms with van der Waals surface area (Å²) in [6.45, 7) is 0. The molecule has 0 amide bonds. The number of nitrogens with zero attached hydrogens (tertiary/aromatic N) is 1. The van der Waals surface area contributed by atoms with E-state index in [1.165, 1.54) is 49.2 Å². The van der Waals surface area contributed by atoms with Crippen LogP contribution in [0, 0.1) is 0 Å². The van der Waals surface area contributed by atoms with E-state index in [0.717, 1.165) is 44.4 Å². The summed E-state index contributed by atoms with van der Waals surface area (Å²) in [5.74, 6) is 0. The van der Waals surface area contributed by atoms with E-state index >= 15 is 0 Å². The van der Waals surface area contributed by atoms with E-state index in [4.69, 9.17) is 4.42 Å². The fourth-order valence-electron chi connectivity index (χ4n) is 7.68. The summed E-state index contributed by atoms with van der Waals surface area (Å²) < 4.78 is 6.64. The third-order valence-corrected chi connectivity index (χ3v) is 10.1. The van der Waals surface area contributed by atoms with E-state index in [1.54, 1.807) is 0 Å². The van der Waals surface area contributed by atoms with Gasteiger partial charge >= 0.3 is 0 Å². The summed E-state index contributed by atoms with van der Waals surface area (Å²) in [7, 11) is 0. The summed E-state index contributed by atoms with van der Waals surface area (Å²) in [5, 5.41) is 9.50. The molecule has 10 rings (SSSR count). The van der Waals surface area contributed by atoms with Crippen LogP contribution in [0.3, 0.4) is 0 Å². The standard InChI is InChI=1S/C48H31NO/c1-4-15-39-32(10-1)13-7-18-41(39)35-22-27-37(28-23-35)49(38-29-24-36(25-30-38)42-19-8-14-33-11-2-5-16-40(33)42)45-20-9-21-46-47(45)44-31-26-34-12-3-6-17-43(34)48(44)50-46/h1-31H. The number of benzene rings is 9. The molecule has 0 spiro atoms. The second-order valence-corrected chi connectivity index (χ2v) is 12.9. The van der Waals surface area contributed by atoms with E-state index in [9.17, 15) is 0 Å². The van der Waals surface area contributed by atoms with E-state index in [2.05, 4.69) is 193 Å². The normalized spacial score (nSPS) is 11.6. The van der Waals surface area contributed by atoms with Crippen LogP contribution in [-0.4, -0.2) is 0 Å². The highest BCUT2D eigenvalue weighted by Gasteiger charge is 2.21. The minimum Gasteiger partial charge on any atom is -0.455 e. The summed E-state index contributed by atoms with van der Waals surface area (Å²) in [6.07, 6.45) is 0. The van der Waals surface area contributed by atoms with E-state index < -0.39 is 0 Å². The van der Waals surface area contributed by atoms with Gasteiger partial charge in [-0.1, -0.05) is 146 Å². The molecule has 2 heteroatoms. The second kappa shape index (κ2) is 11.5. The molecule has 0 unspecified atom stereocenters. The Labute approximate surface area is 290 Å². The first-order valence-electron chi connectivity index (χ1n) is 17.1. The van der Waals surface area contributed by atoms with Crippen LogP contribution in [0.25, 0.3) is 76.5 Å². The molecule has 0 aliphatic carbocycles. The zero-order valence-corrected chi connectivity index (χ0v) is 27.3. The maximum atomic E-state index is 6.64. The first-order valence-corrected chi connectivity index (χ1v) is 17.1. The lowest BCUT2D eigenvalue weighted by Gasteiger charge is -2.27. The highest BCUT2D eigenvalue weighted by atomic mass is 16.3. The van der Waals surface area contributed by atoms with Crippen molar-refractivity contribution >= 4 is 71.3 Å². The Morgan fingerprint density at radius 1 is 0.340 bits per heavy atom. The Morgan fingerprint density at radius 3 is 1.40 bits per heavy atom. The van der Waals surface area contributed by atoms with Crippen molar-refractivity contribution in [2.45, 2.75) is 0 Å². The molecule has 0 aliphatic heterocycles. The molecule has 0 fully saturated rings. The molecule has 0 saturated carbocycles. The molecule has 9 aromatic carbocycles. The smallest absolute Gasteiger partial charge is 0.143 e. The summed E-state index contributed by atoms with van der Waals surface area (Å²) in [5.41, 5.74) is 9.87. The predicted octanol–water partition coefficient (Wildman–Crippen LogP) is 13.8. The molecule has 0 N–H and O–H groups in total. The molecule has 0 saturated heterocycles. The lowest BCUT2D eigenvalue weighted by atomic mass is 9.97. The molecule has 0 radical (unpaired) electrons. The Hall–Kier alpha value is -6.64. The van der Waals surface area contributed by atoms with Crippen LogP contribution >= 0.6 is 0 Å². The molecule has 50 heavy (non-hydrogen) atoms. The van der Waals surface area contributed by atoms with Crippen molar-refractivity contribution in [1.82, 2.24) is 0 Å². The fraction of sp³-hybridized carbons (Fsp3) is 0. The van der Waals surface area contributed by atoms with Crippen molar-refractivity contribution in [2.75, 3.05) is 4.90 Å². The zero-order valence-electron chi connectivity index (χ0n) is 27.3. The zero-order chi connectivity index (χ0) is 33.0. The van der Waals surface area contributed by atoms with Gasteiger partial charge in [-0.25, -0.2) is 0 Å². The van der Waals surface area contributed by atoms with Crippen molar-refractivity contribution < 1.29 is 4.42 Å². The van der Waals surface area contributed by atoms with Gasteiger partial charge in [-0.05, 0) is 91.6 Å². The van der Waals surface area contributed by atoms with Crippen molar-refractivity contribution in [2.24, 2.45) is 0 Å². The molecular weight excluding hydrogens is 607 g/mol. The molecule has 0 aliphatic rings. The topological polar surface area (TPSA) is 16.4 Å². The third kappa shape index (κ3) is 4.57. The number of anilines is 3. The van der Waals surface area contributed by atoms with E-state index in [-0.39, 0.29) is 0 Å². The minimum absolute atomic E-state index is 0.874. The van der Waals surface area contributed by atoms with Crippen LogP contribution in [0.2, 0.25) is 0 Å². The Kier molecular flexibility index (Phi) is 6.53. The number of rotatable bonds is 5. The van der Waals surface area contributed by atoms with Gasteiger partial charge in [0.1, 0.15) is 11.2 Å². The molecule has 0 bridgehead atoms. The van der Waals surface area contributed by atoms with Gasteiger partial charge in [0.2, 0.25) is 0 Å². The van der Waals surface area contributed by atoms with Crippen LogP contribution in [0.4, 0.5) is 17.1 Å². The van der Waals surface area contributed by atoms with Gasteiger partial charge in [-0.3, -0.25) is 0 Å². The van der Waals surface area contributed by atoms with Gasteiger partial charge in [-0.15, -0.1) is 0 Å². The van der Waals surface area contributed by atoms with E-state index in [0.29, 0.717) is 0 Å². The lowest BCUT2D eigenvalue weighted by Crippen LogP contribution is -2.10. The van der Waals surface area contributed by atoms with Gasteiger partial charge in [0, 0.05) is 22.1 Å². The highest BCUT2D eigenvalue weighted by Crippen LogP contribution is 2.45. The maximum absolute atomic E-state index is 6.64. The molecule has 1 aromatic heterocycles. The summed E-state index contributed by atoms with van der Waals surface area (Å²) in [6, 6.07) is 67.5. The minimum atomic E-state index is 0.874. The molecule has 234 valence electrons. The number of hydrogen-bond donors (Lipinski definition) is 0. The Balaban J connectivity index is 1.16. The van der Waals surface area contributed by atoms with Crippen molar-refractivity contribution in [3.63, 3.8) is 0 Å². The van der Waals surface area contributed by atoms with Gasteiger partial charge in [0.15, 0.2) is 0 Å². The summed E-state index contributed by atoms with van der Waals surface area (Å²) >= 11 is 0. The second-order valence-electron chi connectivity index (χ2n) is 12.9. The van der Waals surface area contributed by atoms with Gasteiger partial charge in [-0.2, -0.15) is 0 Å². The van der Waals surface area contributed by atoms with Crippen molar-refractivity contribution in [1.29, 1.82) is 0 Å². The first-order chi connectivity index (χ1) is 24.8. The lowest BCUT2D eigenvalue weighted by molar-refractivity contribution is 0.672. The highest BCUT2D eigenvalue weighted by molar-refractivity contribution is 6.19. The quantitative estimate of drug-likeness (QED) is 0.187. The maximum Gasteiger partial charge on any atom is 0.143 e. The van der Waals surface area contributed by atoms with E-state index in [1.807, 2.05) is 0 Å². The molecule has 2 nitrogen and oxygen atoms in total. The van der Waals surface area contributed by atoms with Crippen LogP contribution < -0.4 is 4.90 Å². The Bertz CT molecular complexity index is 2730. The number of fused-ring (bicyclic) bond motifs is 7. The van der Waals surface area contributed by atoms with Crippen molar-refractivity contribution in [3.05, 3.63) is 188 Å². The van der Waals surface area contributed by atoms with Crippen LogP contribution in [0.5, 0.6) is 0 Å². The SMILES string of the molecule is c1ccc2c(-c3ccc(N(c4ccc(-c5cccc6ccccc56)cc4)c4cccc5oc6c7ccccc7ccc6c45)cc3)cccc2c1. The predicted molar refractivity (Wildman–Crippen MR) is 212 cm³/mol. The molecule has 1 heterocycles. The largest absolute Gasteiger partial charge is 0.455 e. The van der Waals surface area contributed by atoms with Crippen LogP contribution in [0.1, 0.15) is 0 Å². The molecule has 0 atom stereocenters. The average Bonchev–Trinajstić information content (AvgIpc) is 3.58.